The number of aliphatic imine (C=N–C) groups is 1. The van der Waals surface area contributed by atoms with E-state index in [0.29, 0.717) is 29.1 Å². The Kier molecular flexibility index (Phi) is 5.56. The molecule has 1 heterocycles. The molecule has 1 aliphatic carbocycles. The molecule has 30 heavy (non-hydrogen) atoms. The van der Waals surface area contributed by atoms with E-state index in [9.17, 15) is 18.4 Å². The number of hydrogen-bond acceptors (Lipinski definition) is 3. The first-order chi connectivity index (χ1) is 14.4. The van der Waals surface area contributed by atoms with Crippen LogP contribution < -0.4 is 5.32 Å². The van der Waals surface area contributed by atoms with Crippen LogP contribution >= 0.6 is 11.6 Å². The molecule has 1 N–H and O–H groups in total. The smallest absolute Gasteiger partial charge is 0.275 e. The lowest BCUT2D eigenvalue weighted by Gasteiger charge is -2.38. The molecule has 0 saturated heterocycles. The number of halogens is 3. The van der Waals surface area contributed by atoms with Crippen molar-refractivity contribution >= 4 is 34.8 Å². The minimum absolute atomic E-state index is 0.261. The van der Waals surface area contributed by atoms with Crippen LogP contribution in [0.2, 0.25) is 5.02 Å². The molecule has 0 bridgehead atoms. The van der Waals surface area contributed by atoms with Gasteiger partial charge in [-0.3, -0.25) is 14.6 Å². The maximum Gasteiger partial charge on any atom is 0.275 e. The van der Waals surface area contributed by atoms with Crippen LogP contribution in [0, 0.1) is 11.6 Å². The summed E-state index contributed by atoms with van der Waals surface area (Å²) in [6.45, 7) is -0.296. The molecular formula is C22H20ClF2N3O2. The summed E-state index contributed by atoms with van der Waals surface area (Å²) >= 11 is 5.95. The van der Waals surface area contributed by atoms with Gasteiger partial charge in [-0.15, -0.1) is 0 Å². The summed E-state index contributed by atoms with van der Waals surface area (Å²) in [4.78, 5) is 32.1. The normalized spacial score (nSPS) is 17.9. The van der Waals surface area contributed by atoms with Crippen molar-refractivity contribution in [3.63, 3.8) is 0 Å². The standard InChI is InChI=1S/C22H20ClF2N3O2/c23-15-9-7-14(8-10-15)20-21(30)28(22(27-20)11-2-1-3-12-22)13-18(29)26-17-6-4-5-16(24)19(17)25/h4-10H,1-3,11-13H2,(H,26,29). The lowest BCUT2D eigenvalue weighted by atomic mass is 9.88. The number of nitrogens with zero attached hydrogens (tertiary/aromatic N) is 2. The Morgan fingerprint density at radius 2 is 1.80 bits per heavy atom. The average molecular weight is 432 g/mol. The molecule has 1 saturated carbocycles. The van der Waals surface area contributed by atoms with Crippen molar-refractivity contribution < 1.29 is 18.4 Å². The van der Waals surface area contributed by atoms with E-state index >= 15 is 0 Å². The molecule has 2 amide bonds. The summed E-state index contributed by atoms with van der Waals surface area (Å²) in [6.07, 6.45) is 4.12. The number of carbonyl (C=O) groups is 2. The predicted octanol–water partition coefficient (Wildman–Crippen LogP) is 4.55. The minimum Gasteiger partial charge on any atom is -0.322 e. The number of anilines is 1. The second kappa shape index (κ2) is 8.14. The van der Waals surface area contributed by atoms with Crippen LogP contribution in [0.15, 0.2) is 47.5 Å². The summed E-state index contributed by atoms with van der Waals surface area (Å²) in [7, 11) is 0. The highest BCUT2D eigenvalue weighted by Gasteiger charge is 2.48. The van der Waals surface area contributed by atoms with Crippen molar-refractivity contribution in [2.24, 2.45) is 4.99 Å². The van der Waals surface area contributed by atoms with Crippen molar-refractivity contribution in [2.45, 2.75) is 37.8 Å². The third-order valence-electron chi connectivity index (χ3n) is 5.57. The van der Waals surface area contributed by atoms with Crippen molar-refractivity contribution in [2.75, 3.05) is 11.9 Å². The van der Waals surface area contributed by atoms with Gasteiger partial charge in [-0.2, -0.15) is 0 Å². The van der Waals surface area contributed by atoms with E-state index in [2.05, 4.69) is 5.32 Å². The van der Waals surface area contributed by atoms with Gasteiger partial charge in [-0.05, 0) is 49.9 Å². The van der Waals surface area contributed by atoms with Crippen molar-refractivity contribution in [3.05, 3.63) is 64.7 Å². The SMILES string of the molecule is O=C(CN1C(=O)C(c2ccc(Cl)cc2)=NC12CCCCC2)Nc1cccc(F)c1F. The number of hydrogen-bond donors (Lipinski definition) is 1. The van der Waals surface area contributed by atoms with E-state index in [1.54, 1.807) is 24.3 Å². The van der Waals surface area contributed by atoms with Gasteiger partial charge in [0.15, 0.2) is 11.6 Å². The lowest BCUT2D eigenvalue weighted by Crippen LogP contribution is -2.51. The van der Waals surface area contributed by atoms with Crippen LogP contribution in [0.3, 0.4) is 0 Å². The zero-order chi connectivity index (χ0) is 21.3. The fraction of sp³-hybridized carbons (Fsp3) is 0.318. The first-order valence-corrected chi connectivity index (χ1v) is 10.2. The van der Waals surface area contributed by atoms with Crippen LogP contribution in [0.5, 0.6) is 0 Å². The Morgan fingerprint density at radius 1 is 1.10 bits per heavy atom. The zero-order valence-corrected chi connectivity index (χ0v) is 16.9. The molecule has 0 atom stereocenters. The number of rotatable bonds is 4. The molecule has 4 rings (SSSR count). The zero-order valence-electron chi connectivity index (χ0n) is 16.1. The van der Waals surface area contributed by atoms with Crippen molar-refractivity contribution in [1.29, 1.82) is 0 Å². The monoisotopic (exact) mass is 431 g/mol. The van der Waals surface area contributed by atoms with E-state index in [1.807, 2.05) is 0 Å². The van der Waals surface area contributed by atoms with E-state index < -0.39 is 23.2 Å². The topological polar surface area (TPSA) is 61.8 Å². The molecule has 0 radical (unpaired) electrons. The third kappa shape index (κ3) is 3.81. The van der Waals surface area contributed by atoms with Crippen LogP contribution in [-0.4, -0.2) is 34.6 Å². The molecule has 1 fully saturated rings. The Balaban J connectivity index is 1.59. The first-order valence-electron chi connectivity index (χ1n) is 9.81. The van der Waals surface area contributed by atoms with Gasteiger partial charge < -0.3 is 10.2 Å². The van der Waals surface area contributed by atoms with Crippen LogP contribution in [0.4, 0.5) is 14.5 Å². The molecule has 156 valence electrons. The van der Waals surface area contributed by atoms with Gasteiger partial charge in [-0.25, -0.2) is 8.78 Å². The molecule has 1 aliphatic heterocycles. The molecule has 2 aromatic carbocycles. The molecule has 1 spiro atoms. The van der Waals surface area contributed by atoms with Gasteiger partial charge in [0.05, 0.1) is 5.69 Å². The first kappa shape index (κ1) is 20.5. The molecule has 8 heteroatoms. The van der Waals surface area contributed by atoms with Crippen LogP contribution in [-0.2, 0) is 9.59 Å². The number of amides is 2. The summed E-state index contributed by atoms with van der Waals surface area (Å²) in [6, 6.07) is 10.4. The number of nitrogens with one attached hydrogen (secondary N) is 1. The Hall–Kier alpha value is -2.80. The summed E-state index contributed by atoms with van der Waals surface area (Å²) in [5, 5.41) is 2.91. The highest BCUT2D eigenvalue weighted by Crippen LogP contribution is 2.39. The fourth-order valence-corrected chi connectivity index (χ4v) is 4.21. The molecule has 2 aromatic rings. The fourth-order valence-electron chi connectivity index (χ4n) is 4.08. The highest BCUT2D eigenvalue weighted by atomic mass is 35.5. The largest absolute Gasteiger partial charge is 0.322 e. The predicted molar refractivity (Wildman–Crippen MR) is 111 cm³/mol. The summed E-state index contributed by atoms with van der Waals surface area (Å²) in [5.74, 6) is -3.15. The molecule has 0 aromatic heterocycles. The van der Waals surface area contributed by atoms with Gasteiger partial charge >= 0.3 is 0 Å². The van der Waals surface area contributed by atoms with Gasteiger partial charge in [0, 0.05) is 10.6 Å². The van der Waals surface area contributed by atoms with Gasteiger partial charge in [0.25, 0.3) is 5.91 Å². The molecule has 2 aliphatic rings. The van der Waals surface area contributed by atoms with Gasteiger partial charge in [-0.1, -0.05) is 36.2 Å². The Labute approximate surface area is 177 Å². The van der Waals surface area contributed by atoms with Gasteiger partial charge in [0.1, 0.15) is 17.9 Å². The molecule has 5 nitrogen and oxygen atoms in total. The second-order valence-electron chi connectivity index (χ2n) is 7.55. The average Bonchev–Trinajstić information content (AvgIpc) is 2.98. The number of benzene rings is 2. The summed E-state index contributed by atoms with van der Waals surface area (Å²) < 4.78 is 27.3. The highest BCUT2D eigenvalue weighted by molar-refractivity contribution is 6.47. The Morgan fingerprint density at radius 3 is 2.50 bits per heavy atom. The second-order valence-corrected chi connectivity index (χ2v) is 7.99. The molecular weight excluding hydrogens is 412 g/mol. The van der Waals surface area contributed by atoms with Gasteiger partial charge in [0.2, 0.25) is 5.91 Å². The maximum absolute atomic E-state index is 13.9. The van der Waals surface area contributed by atoms with E-state index in [0.717, 1.165) is 25.3 Å². The maximum atomic E-state index is 13.9. The lowest BCUT2D eigenvalue weighted by molar-refractivity contribution is -0.134. The van der Waals surface area contributed by atoms with Crippen LogP contribution in [0.1, 0.15) is 37.7 Å². The number of carbonyl (C=O) groups excluding carboxylic acids is 2. The summed E-state index contributed by atoms with van der Waals surface area (Å²) in [5.41, 5.74) is -0.128. The van der Waals surface area contributed by atoms with Crippen molar-refractivity contribution in [1.82, 2.24) is 4.90 Å². The quantitative estimate of drug-likeness (QED) is 0.772. The Bertz CT molecular complexity index is 1020. The van der Waals surface area contributed by atoms with E-state index in [1.165, 1.54) is 17.0 Å². The van der Waals surface area contributed by atoms with Crippen molar-refractivity contribution in [3.8, 4) is 0 Å². The van der Waals surface area contributed by atoms with E-state index in [-0.39, 0.29) is 18.1 Å². The van der Waals surface area contributed by atoms with E-state index in [4.69, 9.17) is 16.6 Å². The molecule has 0 unspecified atom stereocenters. The third-order valence-corrected chi connectivity index (χ3v) is 5.82. The van der Waals surface area contributed by atoms with Crippen LogP contribution in [0.25, 0.3) is 0 Å². The minimum atomic E-state index is -1.14.